The third kappa shape index (κ3) is 4.51. The summed E-state index contributed by atoms with van der Waals surface area (Å²) in [4.78, 5) is 0. The van der Waals surface area contributed by atoms with Crippen molar-refractivity contribution in [2.24, 2.45) is 0 Å². The summed E-state index contributed by atoms with van der Waals surface area (Å²) in [5.74, 6) is 0.835. The lowest BCUT2D eigenvalue weighted by Gasteiger charge is -2.18. The van der Waals surface area contributed by atoms with E-state index >= 15 is 0 Å². The van der Waals surface area contributed by atoms with Gasteiger partial charge in [0, 0.05) is 15.5 Å². The van der Waals surface area contributed by atoms with Gasteiger partial charge in [-0.1, -0.05) is 45.7 Å². The van der Waals surface area contributed by atoms with Crippen molar-refractivity contribution in [3.8, 4) is 5.75 Å². The van der Waals surface area contributed by atoms with Crippen molar-refractivity contribution in [1.82, 2.24) is 5.32 Å². The number of rotatable bonds is 6. The van der Waals surface area contributed by atoms with Gasteiger partial charge in [0.2, 0.25) is 0 Å². The molecule has 0 aromatic heterocycles. The zero-order valence-electron chi connectivity index (χ0n) is 11.3. The van der Waals surface area contributed by atoms with Gasteiger partial charge in [0.05, 0.1) is 0 Å². The summed E-state index contributed by atoms with van der Waals surface area (Å²) in [6.45, 7) is 0.611. The lowest BCUT2D eigenvalue weighted by atomic mass is 10.1. The molecule has 0 aliphatic carbocycles. The molecule has 0 radical (unpaired) electrons. The van der Waals surface area contributed by atoms with E-state index in [2.05, 4.69) is 33.4 Å². The van der Waals surface area contributed by atoms with Gasteiger partial charge in [-0.3, -0.25) is 0 Å². The molecule has 0 spiro atoms. The van der Waals surface area contributed by atoms with E-state index in [0.717, 1.165) is 21.7 Å². The van der Waals surface area contributed by atoms with Crippen molar-refractivity contribution in [3.63, 3.8) is 0 Å². The van der Waals surface area contributed by atoms with Gasteiger partial charge in [-0.05, 0) is 49.4 Å². The number of ether oxygens (including phenoxy) is 1. The van der Waals surface area contributed by atoms with Gasteiger partial charge >= 0.3 is 0 Å². The first-order valence-corrected chi connectivity index (χ1v) is 7.65. The highest BCUT2D eigenvalue weighted by Crippen LogP contribution is 2.19. The highest BCUT2D eigenvalue weighted by Gasteiger charge is 2.10. The Kier molecular flexibility index (Phi) is 5.89. The second-order valence-corrected chi connectivity index (χ2v) is 5.84. The molecule has 0 fully saturated rings. The maximum atomic E-state index is 5.85. The predicted molar refractivity (Wildman–Crippen MR) is 87.6 cm³/mol. The Balaban J connectivity index is 1.92. The van der Waals surface area contributed by atoms with E-state index in [1.165, 1.54) is 5.56 Å². The van der Waals surface area contributed by atoms with E-state index in [-0.39, 0.29) is 6.04 Å². The Bertz CT molecular complexity index is 544. The normalized spacial score (nSPS) is 12.2. The number of hydrogen-bond donors (Lipinski definition) is 1. The molecule has 2 aromatic carbocycles. The first-order chi connectivity index (χ1) is 9.69. The van der Waals surface area contributed by atoms with Crippen molar-refractivity contribution >= 4 is 27.5 Å². The summed E-state index contributed by atoms with van der Waals surface area (Å²) < 4.78 is 6.92. The van der Waals surface area contributed by atoms with E-state index in [9.17, 15) is 0 Å². The number of hydrogen-bond acceptors (Lipinski definition) is 2. The van der Waals surface area contributed by atoms with Crippen LogP contribution in [0.2, 0.25) is 5.02 Å². The first kappa shape index (κ1) is 15.4. The fraction of sp³-hybridized carbons (Fsp3) is 0.250. The molecule has 1 unspecified atom stereocenters. The smallest absolute Gasteiger partial charge is 0.119 e. The molecule has 0 saturated carbocycles. The first-order valence-electron chi connectivity index (χ1n) is 6.48. The standard InChI is InChI=1S/C16H17BrClNO/c1-19-14(10-12-4-2-3-5-16(12)17)11-20-15-8-6-13(18)7-9-15/h2-9,14,19H,10-11H2,1H3. The van der Waals surface area contributed by atoms with E-state index in [1.54, 1.807) is 0 Å². The maximum absolute atomic E-state index is 5.85. The van der Waals surface area contributed by atoms with Crippen LogP contribution in [0.4, 0.5) is 0 Å². The third-order valence-corrected chi connectivity index (χ3v) is 4.12. The van der Waals surface area contributed by atoms with Crippen molar-refractivity contribution < 1.29 is 4.74 Å². The van der Waals surface area contributed by atoms with E-state index in [1.807, 2.05) is 43.4 Å². The van der Waals surface area contributed by atoms with Crippen LogP contribution in [0.25, 0.3) is 0 Å². The quantitative estimate of drug-likeness (QED) is 0.834. The summed E-state index contributed by atoms with van der Waals surface area (Å²) in [7, 11) is 1.95. The topological polar surface area (TPSA) is 21.3 Å². The van der Waals surface area contributed by atoms with Gasteiger partial charge in [-0.15, -0.1) is 0 Å². The molecule has 0 saturated heterocycles. The molecular weight excluding hydrogens is 338 g/mol. The Morgan fingerprint density at radius 2 is 1.85 bits per heavy atom. The molecular formula is C16H17BrClNO. The molecule has 4 heteroatoms. The van der Waals surface area contributed by atoms with Gasteiger partial charge in [0.1, 0.15) is 12.4 Å². The van der Waals surface area contributed by atoms with Crippen molar-refractivity contribution in [1.29, 1.82) is 0 Å². The van der Waals surface area contributed by atoms with Crippen LogP contribution < -0.4 is 10.1 Å². The minimum absolute atomic E-state index is 0.254. The molecule has 1 atom stereocenters. The molecule has 2 nitrogen and oxygen atoms in total. The van der Waals surface area contributed by atoms with Crippen molar-refractivity contribution in [2.45, 2.75) is 12.5 Å². The van der Waals surface area contributed by atoms with Gasteiger partial charge in [-0.2, -0.15) is 0 Å². The maximum Gasteiger partial charge on any atom is 0.119 e. The number of nitrogens with one attached hydrogen (secondary N) is 1. The van der Waals surface area contributed by atoms with Gasteiger partial charge in [0.25, 0.3) is 0 Å². The second-order valence-electron chi connectivity index (χ2n) is 4.55. The highest BCUT2D eigenvalue weighted by molar-refractivity contribution is 9.10. The third-order valence-electron chi connectivity index (χ3n) is 3.10. The fourth-order valence-electron chi connectivity index (χ4n) is 1.90. The monoisotopic (exact) mass is 353 g/mol. The summed E-state index contributed by atoms with van der Waals surface area (Å²) in [5, 5.41) is 4.01. The largest absolute Gasteiger partial charge is 0.492 e. The van der Waals surface area contributed by atoms with Gasteiger partial charge < -0.3 is 10.1 Å². The van der Waals surface area contributed by atoms with Crippen LogP contribution in [-0.2, 0) is 6.42 Å². The lowest BCUT2D eigenvalue weighted by Crippen LogP contribution is -2.33. The highest BCUT2D eigenvalue weighted by atomic mass is 79.9. The predicted octanol–water partition coefficient (Wildman–Crippen LogP) is 4.31. The zero-order valence-corrected chi connectivity index (χ0v) is 13.6. The lowest BCUT2D eigenvalue weighted by molar-refractivity contribution is 0.269. The summed E-state index contributed by atoms with van der Waals surface area (Å²) in [5.41, 5.74) is 1.27. The minimum atomic E-state index is 0.254. The number of halogens is 2. The summed E-state index contributed by atoms with van der Waals surface area (Å²) >= 11 is 9.43. The summed E-state index contributed by atoms with van der Waals surface area (Å²) in [6, 6.07) is 15.9. The van der Waals surface area contributed by atoms with Gasteiger partial charge in [-0.25, -0.2) is 0 Å². The average Bonchev–Trinajstić information content (AvgIpc) is 2.47. The molecule has 2 rings (SSSR count). The van der Waals surface area contributed by atoms with E-state index < -0.39 is 0 Å². The SMILES string of the molecule is CNC(COc1ccc(Cl)cc1)Cc1ccccc1Br. The molecule has 0 bridgehead atoms. The van der Waals surface area contributed by atoms with Crippen molar-refractivity contribution in [3.05, 3.63) is 63.6 Å². The fourth-order valence-corrected chi connectivity index (χ4v) is 2.47. The van der Waals surface area contributed by atoms with Crippen LogP contribution in [0.1, 0.15) is 5.56 Å². The Labute approximate surface area is 133 Å². The van der Waals surface area contributed by atoms with Crippen LogP contribution in [0, 0.1) is 0 Å². The molecule has 1 N–H and O–H groups in total. The van der Waals surface area contributed by atoms with Crippen LogP contribution >= 0.6 is 27.5 Å². The molecule has 106 valence electrons. The second kappa shape index (κ2) is 7.67. The van der Waals surface area contributed by atoms with Crippen molar-refractivity contribution in [2.75, 3.05) is 13.7 Å². The van der Waals surface area contributed by atoms with E-state index in [0.29, 0.717) is 6.61 Å². The Hall–Kier alpha value is -1.03. The van der Waals surface area contributed by atoms with Crippen LogP contribution in [0.15, 0.2) is 53.0 Å². The summed E-state index contributed by atoms with van der Waals surface area (Å²) in [6.07, 6.45) is 0.908. The molecule has 0 heterocycles. The number of benzene rings is 2. The Morgan fingerprint density at radius 3 is 2.50 bits per heavy atom. The van der Waals surface area contributed by atoms with E-state index in [4.69, 9.17) is 16.3 Å². The minimum Gasteiger partial charge on any atom is -0.492 e. The van der Waals surface area contributed by atoms with Crippen LogP contribution in [0.5, 0.6) is 5.75 Å². The number of likely N-dealkylation sites (N-methyl/N-ethyl adjacent to an activating group) is 1. The molecule has 0 aliphatic heterocycles. The molecule has 20 heavy (non-hydrogen) atoms. The van der Waals surface area contributed by atoms with Gasteiger partial charge in [0.15, 0.2) is 0 Å². The molecule has 0 amide bonds. The molecule has 2 aromatic rings. The van der Waals surface area contributed by atoms with Crippen LogP contribution in [0.3, 0.4) is 0 Å². The van der Waals surface area contributed by atoms with Crippen LogP contribution in [-0.4, -0.2) is 19.7 Å². The zero-order chi connectivity index (χ0) is 14.4. The molecule has 0 aliphatic rings. The average molecular weight is 355 g/mol. The Morgan fingerprint density at radius 1 is 1.15 bits per heavy atom.